The highest BCUT2D eigenvalue weighted by atomic mass is 16.4. The van der Waals surface area contributed by atoms with Crippen molar-refractivity contribution >= 4 is 23.6 Å². The van der Waals surface area contributed by atoms with Crippen LogP contribution in [0.25, 0.3) is 0 Å². The second-order valence-corrected chi connectivity index (χ2v) is 7.28. The lowest BCUT2D eigenvalue weighted by molar-refractivity contribution is -0.159. The van der Waals surface area contributed by atoms with Crippen LogP contribution in [0.3, 0.4) is 0 Å². The lowest BCUT2D eigenvalue weighted by Crippen LogP contribution is -2.53. The molecular weight excluding hydrogens is 334 g/mol. The molecule has 1 aliphatic carbocycles. The van der Waals surface area contributed by atoms with Gasteiger partial charge in [0.05, 0.1) is 5.41 Å². The van der Waals surface area contributed by atoms with Crippen LogP contribution < -0.4 is 5.32 Å². The first-order valence-electron chi connectivity index (χ1n) is 9.03. The fourth-order valence-electron chi connectivity index (χ4n) is 3.56. The molecule has 2 aliphatic rings. The van der Waals surface area contributed by atoms with E-state index < -0.39 is 11.4 Å². The average Bonchev–Trinajstić information content (AvgIpc) is 2.57. The fourth-order valence-corrected chi connectivity index (χ4v) is 3.56. The maximum atomic E-state index is 12.5. The first kappa shape index (κ1) is 18.2. The average molecular weight is 359 g/mol. The van der Waals surface area contributed by atoms with Crippen LogP contribution >= 0.6 is 0 Å². The summed E-state index contributed by atoms with van der Waals surface area (Å²) in [4.78, 5) is 39.6. The highest BCUT2D eigenvalue weighted by molar-refractivity contribution is 5.90. The summed E-state index contributed by atoms with van der Waals surface area (Å²) in [5.74, 6) is -0.987. The summed E-state index contributed by atoms with van der Waals surface area (Å²) >= 11 is 0. The van der Waals surface area contributed by atoms with Gasteiger partial charge in [0, 0.05) is 38.3 Å². The van der Waals surface area contributed by atoms with Gasteiger partial charge in [0.15, 0.2) is 0 Å². The Morgan fingerprint density at radius 2 is 1.77 bits per heavy atom. The number of hydrogen-bond donors (Lipinski definition) is 2. The molecule has 140 valence electrons. The lowest BCUT2D eigenvalue weighted by atomic mass is 9.66. The standard InChI is InChI=1S/C19H25N3O4/c1-14-4-2-5-15(12-14)20-18(26)22-10-8-21(9-11-22)16(23)13-19(17(24)25)6-3-7-19/h2,4-5,12H,3,6-11,13H2,1H3,(H,20,26)(H,24,25). The molecule has 2 N–H and O–H groups in total. The zero-order chi connectivity index (χ0) is 18.7. The quantitative estimate of drug-likeness (QED) is 0.863. The van der Waals surface area contributed by atoms with Crippen LogP contribution in [0.5, 0.6) is 0 Å². The van der Waals surface area contributed by atoms with Crippen molar-refractivity contribution < 1.29 is 19.5 Å². The molecule has 0 spiro atoms. The Balaban J connectivity index is 1.50. The summed E-state index contributed by atoms with van der Waals surface area (Å²) in [6.45, 7) is 3.74. The Labute approximate surface area is 153 Å². The molecule has 1 saturated heterocycles. The molecule has 1 aromatic carbocycles. The van der Waals surface area contributed by atoms with E-state index in [0.29, 0.717) is 39.0 Å². The van der Waals surface area contributed by atoms with E-state index >= 15 is 0 Å². The van der Waals surface area contributed by atoms with Gasteiger partial charge in [-0.05, 0) is 37.5 Å². The van der Waals surface area contributed by atoms with Crippen molar-refractivity contribution in [2.45, 2.75) is 32.6 Å². The number of amides is 3. The van der Waals surface area contributed by atoms with Crippen LogP contribution in [0.2, 0.25) is 0 Å². The SMILES string of the molecule is Cc1cccc(NC(=O)N2CCN(C(=O)CC3(C(=O)O)CCC3)CC2)c1. The second-order valence-electron chi connectivity index (χ2n) is 7.28. The van der Waals surface area contributed by atoms with E-state index in [1.54, 1.807) is 9.80 Å². The molecule has 0 radical (unpaired) electrons. The van der Waals surface area contributed by atoms with Crippen molar-refractivity contribution in [3.8, 4) is 0 Å². The Hall–Kier alpha value is -2.57. The van der Waals surface area contributed by atoms with Crippen LogP contribution in [0.4, 0.5) is 10.5 Å². The number of rotatable bonds is 4. The molecule has 3 amide bonds. The number of carbonyl (C=O) groups excluding carboxylic acids is 2. The molecule has 0 aromatic heterocycles. The summed E-state index contributed by atoms with van der Waals surface area (Å²) in [6, 6.07) is 7.42. The van der Waals surface area contributed by atoms with Crippen LogP contribution in [-0.2, 0) is 9.59 Å². The number of carboxylic acid groups (broad SMARTS) is 1. The normalized spacial score (nSPS) is 18.8. The number of aryl methyl sites for hydroxylation is 1. The molecule has 0 bridgehead atoms. The summed E-state index contributed by atoms with van der Waals surface area (Å²) in [7, 11) is 0. The van der Waals surface area contributed by atoms with Gasteiger partial charge in [0.1, 0.15) is 0 Å². The van der Waals surface area contributed by atoms with Gasteiger partial charge in [0.2, 0.25) is 5.91 Å². The molecule has 1 heterocycles. The van der Waals surface area contributed by atoms with E-state index in [4.69, 9.17) is 0 Å². The molecule has 0 unspecified atom stereocenters. The van der Waals surface area contributed by atoms with Crippen molar-refractivity contribution in [2.24, 2.45) is 5.41 Å². The van der Waals surface area contributed by atoms with Gasteiger partial charge in [-0.2, -0.15) is 0 Å². The summed E-state index contributed by atoms with van der Waals surface area (Å²) in [5.41, 5.74) is 0.958. The zero-order valence-corrected chi connectivity index (χ0v) is 15.0. The maximum Gasteiger partial charge on any atom is 0.321 e. The monoisotopic (exact) mass is 359 g/mol. The molecule has 7 nitrogen and oxygen atoms in total. The summed E-state index contributed by atoms with van der Waals surface area (Å²) in [5, 5.41) is 12.2. The van der Waals surface area contributed by atoms with Crippen LogP contribution in [0.15, 0.2) is 24.3 Å². The van der Waals surface area contributed by atoms with E-state index in [0.717, 1.165) is 17.7 Å². The molecule has 1 aromatic rings. The predicted molar refractivity (Wildman–Crippen MR) is 96.9 cm³/mol. The van der Waals surface area contributed by atoms with E-state index in [9.17, 15) is 19.5 Å². The third-order valence-corrected chi connectivity index (χ3v) is 5.44. The largest absolute Gasteiger partial charge is 0.481 e. The second kappa shape index (κ2) is 7.35. The van der Waals surface area contributed by atoms with Crippen molar-refractivity contribution in [1.82, 2.24) is 9.80 Å². The van der Waals surface area contributed by atoms with E-state index in [1.165, 1.54) is 0 Å². The fraction of sp³-hybridized carbons (Fsp3) is 0.526. The zero-order valence-electron chi connectivity index (χ0n) is 15.0. The Kier molecular flexibility index (Phi) is 5.15. The Morgan fingerprint density at radius 1 is 1.12 bits per heavy atom. The van der Waals surface area contributed by atoms with Gasteiger partial charge < -0.3 is 20.2 Å². The molecule has 1 aliphatic heterocycles. The van der Waals surface area contributed by atoms with Gasteiger partial charge in [0.25, 0.3) is 0 Å². The van der Waals surface area contributed by atoms with Crippen LogP contribution in [0.1, 0.15) is 31.2 Å². The van der Waals surface area contributed by atoms with Crippen molar-refractivity contribution in [3.05, 3.63) is 29.8 Å². The maximum absolute atomic E-state index is 12.5. The lowest BCUT2D eigenvalue weighted by Gasteiger charge is -2.40. The number of benzene rings is 1. The third-order valence-electron chi connectivity index (χ3n) is 5.44. The number of carbonyl (C=O) groups is 3. The molecule has 26 heavy (non-hydrogen) atoms. The first-order valence-corrected chi connectivity index (χ1v) is 9.03. The molecule has 3 rings (SSSR count). The number of aliphatic carboxylic acids is 1. The number of hydrogen-bond acceptors (Lipinski definition) is 3. The number of nitrogens with one attached hydrogen (secondary N) is 1. The minimum Gasteiger partial charge on any atom is -0.481 e. The minimum atomic E-state index is -0.867. The smallest absolute Gasteiger partial charge is 0.321 e. The minimum absolute atomic E-state index is 0.0673. The van der Waals surface area contributed by atoms with Gasteiger partial charge in [-0.1, -0.05) is 18.6 Å². The highest BCUT2D eigenvalue weighted by Crippen LogP contribution is 2.44. The van der Waals surface area contributed by atoms with Crippen LogP contribution in [0, 0.1) is 12.3 Å². The van der Waals surface area contributed by atoms with Crippen molar-refractivity contribution in [3.63, 3.8) is 0 Å². The Bertz CT molecular complexity index is 706. The topological polar surface area (TPSA) is 90.0 Å². The Morgan fingerprint density at radius 3 is 2.31 bits per heavy atom. The summed E-state index contributed by atoms with van der Waals surface area (Å²) in [6.07, 6.45) is 2.09. The predicted octanol–water partition coefficient (Wildman–Crippen LogP) is 2.32. The molecule has 7 heteroatoms. The highest BCUT2D eigenvalue weighted by Gasteiger charge is 2.46. The van der Waals surface area contributed by atoms with Gasteiger partial charge in [-0.3, -0.25) is 9.59 Å². The molecule has 1 saturated carbocycles. The molecule has 0 atom stereocenters. The van der Waals surface area contributed by atoms with Gasteiger partial charge in [-0.25, -0.2) is 4.79 Å². The third kappa shape index (κ3) is 3.81. The number of urea groups is 1. The van der Waals surface area contributed by atoms with E-state index in [2.05, 4.69) is 5.32 Å². The summed E-state index contributed by atoms with van der Waals surface area (Å²) < 4.78 is 0. The molecular formula is C19H25N3O4. The van der Waals surface area contributed by atoms with Crippen molar-refractivity contribution in [1.29, 1.82) is 0 Å². The number of nitrogens with zero attached hydrogens (tertiary/aromatic N) is 2. The number of piperazine rings is 1. The van der Waals surface area contributed by atoms with E-state index in [1.807, 2.05) is 31.2 Å². The number of anilines is 1. The van der Waals surface area contributed by atoms with Gasteiger partial charge in [-0.15, -0.1) is 0 Å². The van der Waals surface area contributed by atoms with Crippen LogP contribution in [-0.4, -0.2) is 59.0 Å². The van der Waals surface area contributed by atoms with Gasteiger partial charge >= 0.3 is 12.0 Å². The first-order chi connectivity index (χ1) is 12.4. The van der Waals surface area contributed by atoms with E-state index in [-0.39, 0.29) is 18.4 Å². The number of carboxylic acids is 1. The van der Waals surface area contributed by atoms with Crippen molar-refractivity contribution in [2.75, 3.05) is 31.5 Å². The molecule has 2 fully saturated rings.